The predicted octanol–water partition coefficient (Wildman–Crippen LogP) is 3.71. The lowest BCUT2D eigenvalue weighted by atomic mass is 9.94. The number of aliphatic carboxylic acids is 1. The van der Waals surface area contributed by atoms with Gasteiger partial charge in [-0.15, -0.1) is 0 Å². The highest BCUT2D eigenvalue weighted by molar-refractivity contribution is 5.78. The maximum absolute atomic E-state index is 11.2. The van der Waals surface area contributed by atoms with Gasteiger partial charge in [0.2, 0.25) is 0 Å². The Morgan fingerprint density at radius 2 is 1.92 bits per heavy atom. The Hall–Kier alpha value is -2.66. The number of pyridine rings is 1. The highest BCUT2D eigenvalue weighted by Crippen LogP contribution is 2.32. The number of nitrogens with zero attached hydrogens (tertiary/aromatic N) is 2. The Bertz CT molecular complexity index is 868. The fraction of sp³-hybridized carbons (Fsp3) is 0.300. The number of furan rings is 1. The third-order valence-corrected chi connectivity index (χ3v) is 4.96. The summed E-state index contributed by atoms with van der Waals surface area (Å²) in [5, 5.41) is 10.3. The Kier molecular flexibility index (Phi) is 4.24. The lowest BCUT2D eigenvalue weighted by Gasteiger charge is -2.35. The SMILES string of the molecule is O=C(O)C1CCN(C(c2ccc3ccccc3n2)c2ccco2)CC1. The largest absolute Gasteiger partial charge is 0.481 e. The van der Waals surface area contributed by atoms with Crippen LogP contribution in [0.15, 0.2) is 59.2 Å². The molecule has 1 aliphatic heterocycles. The molecule has 3 aromatic rings. The number of benzene rings is 1. The van der Waals surface area contributed by atoms with Crippen LogP contribution in [0.4, 0.5) is 0 Å². The van der Waals surface area contributed by atoms with Gasteiger partial charge in [0.1, 0.15) is 11.8 Å². The second-order valence-electron chi connectivity index (χ2n) is 6.50. The van der Waals surface area contributed by atoms with E-state index in [0.717, 1.165) is 35.4 Å². The Morgan fingerprint density at radius 1 is 1.12 bits per heavy atom. The molecule has 0 amide bonds. The quantitative estimate of drug-likeness (QED) is 0.786. The number of carbonyl (C=O) groups is 1. The van der Waals surface area contributed by atoms with E-state index in [2.05, 4.69) is 11.0 Å². The summed E-state index contributed by atoms with van der Waals surface area (Å²) in [6.45, 7) is 1.44. The normalized spacial score (nSPS) is 17.6. The summed E-state index contributed by atoms with van der Waals surface area (Å²) < 4.78 is 5.69. The van der Waals surface area contributed by atoms with Crippen molar-refractivity contribution >= 4 is 16.9 Å². The minimum Gasteiger partial charge on any atom is -0.481 e. The molecule has 1 aromatic carbocycles. The molecule has 0 radical (unpaired) electrons. The summed E-state index contributed by atoms with van der Waals surface area (Å²) >= 11 is 0. The summed E-state index contributed by atoms with van der Waals surface area (Å²) in [6.07, 6.45) is 2.98. The van der Waals surface area contributed by atoms with E-state index >= 15 is 0 Å². The summed E-state index contributed by atoms with van der Waals surface area (Å²) in [5.74, 6) is -0.104. The number of hydrogen-bond acceptors (Lipinski definition) is 4. The molecule has 0 saturated carbocycles. The van der Waals surface area contributed by atoms with Crippen LogP contribution >= 0.6 is 0 Å². The van der Waals surface area contributed by atoms with Crippen LogP contribution in [-0.4, -0.2) is 34.0 Å². The lowest BCUT2D eigenvalue weighted by molar-refractivity contribution is -0.143. The van der Waals surface area contributed by atoms with Crippen molar-refractivity contribution in [3.05, 3.63) is 66.2 Å². The number of piperidine rings is 1. The molecule has 0 spiro atoms. The van der Waals surface area contributed by atoms with Crippen LogP contribution in [0.25, 0.3) is 10.9 Å². The fourth-order valence-corrected chi connectivity index (χ4v) is 3.60. The number of aromatic nitrogens is 1. The molecule has 5 heteroatoms. The van der Waals surface area contributed by atoms with Crippen molar-refractivity contribution in [3.8, 4) is 0 Å². The molecule has 25 heavy (non-hydrogen) atoms. The highest BCUT2D eigenvalue weighted by atomic mass is 16.4. The third kappa shape index (κ3) is 3.15. The summed E-state index contributed by atoms with van der Waals surface area (Å²) in [5.41, 5.74) is 1.89. The summed E-state index contributed by atoms with van der Waals surface area (Å²) in [4.78, 5) is 18.3. The summed E-state index contributed by atoms with van der Waals surface area (Å²) in [7, 11) is 0. The highest BCUT2D eigenvalue weighted by Gasteiger charge is 2.32. The van der Waals surface area contributed by atoms with Gasteiger partial charge >= 0.3 is 5.97 Å². The zero-order valence-electron chi connectivity index (χ0n) is 13.8. The molecule has 0 bridgehead atoms. The van der Waals surface area contributed by atoms with E-state index in [-0.39, 0.29) is 12.0 Å². The van der Waals surface area contributed by atoms with Crippen LogP contribution in [-0.2, 0) is 4.79 Å². The van der Waals surface area contributed by atoms with E-state index in [1.165, 1.54) is 0 Å². The van der Waals surface area contributed by atoms with Gasteiger partial charge in [0.05, 0.1) is 23.4 Å². The first kappa shape index (κ1) is 15.8. The minimum atomic E-state index is -0.696. The van der Waals surface area contributed by atoms with E-state index < -0.39 is 5.97 Å². The minimum absolute atomic E-state index is 0.0886. The zero-order chi connectivity index (χ0) is 17.2. The van der Waals surface area contributed by atoms with Gasteiger partial charge in [-0.1, -0.05) is 24.3 Å². The van der Waals surface area contributed by atoms with Gasteiger partial charge < -0.3 is 9.52 Å². The molecule has 1 saturated heterocycles. The fourth-order valence-electron chi connectivity index (χ4n) is 3.60. The molecule has 1 N–H and O–H groups in total. The van der Waals surface area contributed by atoms with Crippen molar-refractivity contribution in [2.45, 2.75) is 18.9 Å². The maximum Gasteiger partial charge on any atom is 0.306 e. The number of fused-ring (bicyclic) bond motifs is 1. The van der Waals surface area contributed by atoms with Gasteiger partial charge in [0, 0.05) is 18.5 Å². The maximum atomic E-state index is 11.2. The van der Waals surface area contributed by atoms with E-state index in [1.807, 2.05) is 42.5 Å². The molecule has 5 nitrogen and oxygen atoms in total. The summed E-state index contributed by atoms with van der Waals surface area (Å²) in [6, 6.07) is 15.9. The van der Waals surface area contributed by atoms with Crippen molar-refractivity contribution in [1.29, 1.82) is 0 Å². The molecular formula is C20H20N2O3. The standard InChI is InChI=1S/C20H20N2O3/c23-20(24)15-9-11-22(12-10-15)19(18-6-3-13-25-18)17-8-7-14-4-1-2-5-16(14)21-17/h1-8,13,15,19H,9-12H2,(H,23,24). The monoisotopic (exact) mass is 336 g/mol. The topological polar surface area (TPSA) is 66.6 Å². The average molecular weight is 336 g/mol. The molecule has 3 heterocycles. The molecule has 1 unspecified atom stereocenters. The van der Waals surface area contributed by atoms with Gasteiger partial charge in [-0.25, -0.2) is 0 Å². The van der Waals surface area contributed by atoms with E-state index in [4.69, 9.17) is 9.40 Å². The first-order valence-electron chi connectivity index (χ1n) is 8.58. The first-order valence-corrected chi connectivity index (χ1v) is 8.58. The molecule has 2 aromatic heterocycles. The van der Waals surface area contributed by atoms with E-state index in [0.29, 0.717) is 12.8 Å². The van der Waals surface area contributed by atoms with E-state index in [1.54, 1.807) is 6.26 Å². The number of rotatable bonds is 4. The van der Waals surface area contributed by atoms with Gasteiger partial charge in [-0.2, -0.15) is 0 Å². The van der Waals surface area contributed by atoms with Crippen LogP contribution in [0.5, 0.6) is 0 Å². The smallest absolute Gasteiger partial charge is 0.306 e. The molecule has 4 rings (SSSR count). The van der Waals surface area contributed by atoms with Crippen molar-refractivity contribution in [3.63, 3.8) is 0 Å². The van der Waals surface area contributed by atoms with Crippen molar-refractivity contribution in [2.75, 3.05) is 13.1 Å². The van der Waals surface area contributed by atoms with Crippen molar-refractivity contribution in [1.82, 2.24) is 9.88 Å². The second-order valence-corrected chi connectivity index (χ2v) is 6.50. The Morgan fingerprint density at radius 3 is 2.64 bits per heavy atom. The predicted molar refractivity (Wildman–Crippen MR) is 94.2 cm³/mol. The van der Waals surface area contributed by atoms with Gasteiger partial charge in [-0.05, 0) is 37.1 Å². The molecule has 1 aliphatic rings. The first-order chi connectivity index (χ1) is 12.2. The number of hydrogen-bond donors (Lipinski definition) is 1. The molecule has 1 fully saturated rings. The molecule has 1 atom stereocenters. The number of likely N-dealkylation sites (tertiary alicyclic amines) is 1. The van der Waals surface area contributed by atoms with Gasteiger partial charge in [-0.3, -0.25) is 14.7 Å². The van der Waals surface area contributed by atoms with Crippen molar-refractivity contribution < 1.29 is 14.3 Å². The third-order valence-electron chi connectivity index (χ3n) is 4.96. The van der Waals surface area contributed by atoms with Crippen LogP contribution in [0.3, 0.4) is 0 Å². The van der Waals surface area contributed by atoms with E-state index in [9.17, 15) is 9.90 Å². The molecule has 128 valence electrons. The van der Waals surface area contributed by atoms with Crippen molar-refractivity contribution in [2.24, 2.45) is 5.92 Å². The van der Waals surface area contributed by atoms with Crippen LogP contribution < -0.4 is 0 Å². The number of para-hydroxylation sites is 1. The lowest BCUT2D eigenvalue weighted by Crippen LogP contribution is -2.39. The average Bonchev–Trinajstić information content (AvgIpc) is 3.16. The van der Waals surface area contributed by atoms with Gasteiger partial charge in [0.25, 0.3) is 0 Å². The zero-order valence-corrected chi connectivity index (χ0v) is 13.8. The number of carboxylic acids is 1. The second kappa shape index (κ2) is 6.69. The molecular weight excluding hydrogens is 316 g/mol. The van der Waals surface area contributed by atoms with Crippen LogP contribution in [0.2, 0.25) is 0 Å². The van der Waals surface area contributed by atoms with Crippen LogP contribution in [0.1, 0.15) is 30.3 Å². The van der Waals surface area contributed by atoms with Crippen LogP contribution in [0, 0.1) is 5.92 Å². The Labute approximate surface area is 145 Å². The molecule has 0 aliphatic carbocycles. The Balaban J connectivity index is 1.68. The van der Waals surface area contributed by atoms with Gasteiger partial charge in [0.15, 0.2) is 0 Å². The number of carboxylic acid groups (broad SMARTS) is 1.